The van der Waals surface area contributed by atoms with E-state index >= 15 is 0 Å². The maximum atomic E-state index is 14.4. The van der Waals surface area contributed by atoms with Gasteiger partial charge in [0.2, 0.25) is 5.91 Å². The third-order valence-corrected chi connectivity index (χ3v) is 27.6. The molecule has 23 rings (SSSR count). The number of unbranched alkanes of at least 4 members (excludes halogenated alkanes) is 2. The fourth-order valence-corrected chi connectivity index (χ4v) is 19.3. The molecular weight excluding hydrogens is 1750 g/mol. The fraction of sp³-hybridized carbons (Fsp3) is 0.841. The Kier molecular flexibility index (Phi) is 39.9. The van der Waals surface area contributed by atoms with E-state index in [1.807, 2.05) is 50.5 Å². The van der Waals surface area contributed by atoms with Gasteiger partial charge in [-0.05, 0) is 77.7 Å². The number of aryl methyl sites for hydroxylation is 1. The maximum absolute atomic E-state index is 14.4. The molecule has 23 heterocycles. The van der Waals surface area contributed by atoms with Crippen molar-refractivity contribution in [2.24, 2.45) is 23.2 Å². The highest BCUT2D eigenvalue weighted by molar-refractivity contribution is 7.99. The zero-order valence-corrected chi connectivity index (χ0v) is 74.5. The lowest BCUT2D eigenvalue weighted by Gasteiger charge is -2.50. The van der Waals surface area contributed by atoms with Crippen molar-refractivity contribution in [1.82, 2.24) is 10.3 Å². The van der Waals surface area contributed by atoms with Crippen molar-refractivity contribution in [2.45, 2.75) is 347 Å². The third kappa shape index (κ3) is 25.5. The van der Waals surface area contributed by atoms with E-state index in [9.17, 15) is 121 Å². The second kappa shape index (κ2) is 48.1. The van der Waals surface area contributed by atoms with Crippen LogP contribution in [0.3, 0.4) is 0 Å². The highest BCUT2D eigenvalue weighted by Crippen LogP contribution is 2.42. The molecule has 0 aromatic carbocycles. The standard InChI is InChI=1S/C82H130N2O40S3/c1-10-38(74(108)83-21-14-12-13-18-49(90)117-48-23-50(91)109-40(35(5)22-39-30-127-37(7)84-39)20-19-33(3)16-15-17-34(4)51(92)36(6)73(107)82(48,8)9)29-126-32-47-72-58(99)65(106)81(116-47)122-70-45(28-89)112-76(61(102)54(70)95)118-66-41(24-85)110-75(59(100)52(66)93)119-67-42(25-86)113-78(62(103)55(67)96)123-71-46(31-125-11-2)115-80(64(105)57(71)98)121-69-44(27-88)111-77(60(101)53(69)94)120-68-43(26-87)114-79(124-72)63(104)56(68)97/h15,17,19,22,30,34,36,38,40-48,51-72,75-81,85-89,92-106H,10-14,16,18,20-21,23-29,31-32H2,1-9H3,(H,83,108)/b17-15-,33-19-,35-22+/t34-,36+,38?,40-,41?,42?,43?,44?,45?,46?,47?,48-,51-,52-,53-,54-,55-,56-,57-,58-,59?,60?,61?,62?,63?,64?,65?,66-,67-,68-,69-,70-,71-,72-,75-,76-,77+,78-,79+,80-,81+/m1/s1. The molecule has 14 bridgehead atoms. The van der Waals surface area contributed by atoms with Crippen molar-refractivity contribution in [3.63, 3.8) is 0 Å². The number of nitrogens with one attached hydrogen (secondary N) is 1. The molecular formula is C82H130N2O40S3. The van der Waals surface area contributed by atoms with Crippen LogP contribution in [0.4, 0.5) is 0 Å². The lowest BCUT2D eigenvalue weighted by atomic mass is 9.73. The lowest BCUT2D eigenvalue weighted by molar-refractivity contribution is -0.395. The van der Waals surface area contributed by atoms with Crippen LogP contribution < -0.4 is 5.32 Å². The number of allylic oxidation sites excluding steroid dienone is 2. The molecule has 0 aliphatic carbocycles. The summed E-state index contributed by atoms with van der Waals surface area (Å²) in [5.41, 5.74) is 0.884. The van der Waals surface area contributed by atoms with Crippen LogP contribution in [0.25, 0.3) is 6.08 Å². The molecule has 0 radical (unpaired) electrons. The quantitative estimate of drug-likeness (QED) is 0.0276. The highest BCUT2D eigenvalue weighted by atomic mass is 32.2. The molecule has 22 aliphatic rings. The number of cyclic esters (lactones) is 1. The molecule has 45 heteroatoms. The van der Waals surface area contributed by atoms with Gasteiger partial charge in [-0.2, -0.15) is 23.5 Å². The number of ketones is 1. The Hall–Kier alpha value is -3.73. The second-order valence-electron chi connectivity index (χ2n) is 34.2. The van der Waals surface area contributed by atoms with Gasteiger partial charge in [-0.15, -0.1) is 11.3 Å². The van der Waals surface area contributed by atoms with E-state index < -0.39 is 320 Å². The second-order valence-corrected chi connectivity index (χ2v) is 37.6. The molecule has 21 fully saturated rings. The molecule has 1 aromatic heterocycles. The summed E-state index contributed by atoms with van der Waals surface area (Å²) < 4.78 is 96.0. The summed E-state index contributed by atoms with van der Waals surface area (Å²) in [4.78, 5) is 60.9. The van der Waals surface area contributed by atoms with Gasteiger partial charge in [0.25, 0.3) is 0 Å². The van der Waals surface area contributed by atoms with Crippen molar-refractivity contribution in [1.29, 1.82) is 0 Å². The number of Topliss-reactive ketones (excluding diaryl/α,β-unsaturated/α-hetero) is 1. The number of hydrogen-bond donors (Lipinski definition) is 21. The number of esters is 2. The van der Waals surface area contributed by atoms with E-state index in [0.29, 0.717) is 42.7 Å². The Balaban J connectivity index is 0.837. The number of amides is 1. The van der Waals surface area contributed by atoms with Gasteiger partial charge < -0.3 is 183 Å². The van der Waals surface area contributed by atoms with Crippen LogP contribution >= 0.6 is 34.9 Å². The molecule has 15 unspecified atom stereocenters. The van der Waals surface area contributed by atoms with Crippen LogP contribution in [-0.2, 0) is 95.0 Å². The Morgan fingerprint density at radius 3 is 1.28 bits per heavy atom. The molecule has 41 atom stereocenters. The monoisotopic (exact) mass is 1880 g/mol. The summed E-state index contributed by atoms with van der Waals surface area (Å²) in [5, 5.41) is 236. The van der Waals surface area contributed by atoms with E-state index in [0.717, 1.165) is 22.3 Å². The average Bonchev–Trinajstić information content (AvgIpc) is 0.970. The number of rotatable bonds is 23. The topological polar surface area (TPSA) is 645 Å². The first kappa shape index (κ1) is 105. The number of thiazole rings is 1. The molecule has 1 aromatic rings. The molecule has 21 N–H and O–H groups in total. The SMILES string of the molecule is CCSCC1O[C@@H]2O[C@@H]3C(CO)O[C@@H](O[C@@H]4C(CO)O[C@@H](O[C@@H]5C(CSCC(CC)C(=O)NCCCCCC(=O)O[C@@H]6CC(=O)O[C@@H](/C(C)=C/c7csc(C)n7)C/C=C(/C)C/C=C\[C@@H](C)[C@@H](O)[C@H](C)C(=O)C6(C)C)O[C@@H](O[C@@H]6C(CO)O[C@H](O[C@@H]7C(CO)O[C@H](O[C@@H]8C(CO)O[C@H](O[C@H]1[C@H](O)C2O)C(O)[C@H]8O)C(O)[C@H]7O)C(O)[C@H]6O)C(O)[C@H]5O)C(O)[C@H]4O)C(O)[C@H]3O. The van der Waals surface area contributed by atoms with Gasteiger partial charge in [0, 0.05) is 59.8 Å². The average molecular weight is 1880 g/mol. The largest absolute Gasteiger partial charge is 0.461 e. The number of nitrogens with zero attached hydrogens (tertiary/aromatic N) is 1. The van der Waals surface area contributed by atoms with E-state index in [2.05, 4.69) is 10.3 Å². The van der Waals surface area contributed by atoms with Gasteiger partial charge in [-0.25, -0.2) is 4.98 Å². The number of aliphatic hydroxyl groups excluding tert-OH is 20. The highest BCUT2D eigenvalue weighted by Gasteiger charge is 2.60. The Morgan fingerprint density at radius 2 is 0.913 bits per heavy atom. The van der Waals surface area contributed by atoms with Crippen molar-refractivity contribution >= 4 is 64.6 Å². The lowest BCUT2D eigenvalue weighted by Crippen LogP contribution is -2.68. The van der Waals surface area contributed by atoms with Gasteiger partial charge in [-0.3, -0.25) is 19.2 Å². The van der Waals surface area contributed by atoms with E-state index in [1.165, 1.54) is 23.1 Å². The number of aliphatic hydroxyl groups is 20. The fourth-order valence-electron chi connectivity index (χ4n) is 16.7. The molecule has 22 aliphatic heterocycles. The summed E-state index contributed by atoms with van der Waals surface area (Å²) in [5.74, 6) is -4.37. The third-order valence-electron chi connectivity index (χ3n) is 24.6. The Bertz CT molecular complexity index is 3700. The first-order chi connectivity index (χ1) is 60.3. The summed E-state index contributed by atoms with van der Waals surface area (Å²) >= 11 is 3.72. The van der Waals surface area contributed by atoms with Gasteiger partial charge in [0.1, 0.15) is 177 Å². The summed E-state index contributed by atoms with van der Waals surface area (Å²) in [6, 6.07) is 0. The minimum atomic E-state index is -2.26. The van der Waals surface area contributed by atoms with Crippen molar-refractivity contribution < 1.29 is 197 Å². The molecule has 726 valence electrons. The number of thioether (sulfide) groups is 2. The van der Waals surface area contributed by atoms with Crippen molar-refractivity contribution in [3.8, 4) is 0 Å². The predicted molar refractivity (Wildman–Crippen MR) is 440 cm³/mol. The van der Waals surface area contributed by atoms with Crippen LogP contribution in [0.15, 0.2) is 34.8 Å². The summed E-state index contributed by atoms with van der Waals surface area (Å²) in [6.45, 7) is 10.5. The van der Waals surface area contributed by atoms with Crippen LogP contribution in [0.5, 0.6) is 0 Å². The van der Waals surface area contributed by atoms with Gasteiger partial charge in [-0.1, -0.05) is 57.9 Å². The van der Waals surface area contributed by atoms with Crippen LogP contribution in [0.2, 0.25) is 0 Å². The normalized spacial score (nSPS) is 44.1. The van der Waals surface area contributed by atoms with Gasteiger partial charge in [0.15, 0.2) is 44.0 Å². The van der Waals surface area contributed by atoms with Gasteiger partial charge in [0.05, 0.1) is 73.9 Å². The number of carbonyl (C=O) groups is 4. The minimum Gasteiger partial charge on any atom is -0.461 e. The van der Waals surface area contributed by atoms with Crippen LogP contribution in [-0.4, -0.2) is 427 Å². The molecule has 42 nitrogen and oxygen atoms in total. The van der Waals surface area contributed by atoms with E-state index in [1.54, 1.807) is 41.5 Å². The first-order valence-corrected chi connectivity index (χ1v) is 46.2. The van der Waals surface area contributed by atoms with Crippen LogP contribution in [0.1, 0.15) is 117 Å². The zero-order valence-electron chi connectivity index (χ0n) is 72.1. The molecule has 0 saturated carbocycles. The van der Waals surface area contributed by atoms with E-state index in [-0.39, 0.29) is 43.1 Å². The van der Waals surface area contributed by atoms with Crippen molar-refractivity contribution in [2.75, 3.05) is 62.6 Å². The number of aromatic nitrogens is 1. The molecule has 127 heavy (non-hydrogen) atoms. The van der Waals surface area contributed by atoms with Crippen LogP contribution in [0, 0.1) is 30.1 Å². The number of ether oxygens (including phenoxy) is 16. The molecule has 1 amide bonds. The Labute approximate surface area is 746 Å². The number of hydrogen-bond acceptors (Lipinski definition) is 44. The minimum absolute atomic E-state index is 0.00617. The predicted octanol–water partition coefficient (Wildman–Crippen LogP) is -5.42. The number of carbonyl (C=O) groups excluding carboxylic acids is 4. The Morgan fingerprint density at radius 1 is 0.535 bits per heavy atom. The maximum Gasteiger partial charge on any atom is 0.310 e. The smallest absolute Gasteiger partial charge is 0.310 e. The molecule has 21 saturated heterocycles. The van der Waals surface area contributed by atoms with Gasteiger partial charge >= 0.3 is 11.9 Å². The van der Waals surface area contributed by atoms with Crippen molar-refractivity contribution in [3.05, 3.63) is 45.5 Å². The summed E-state index contributed by atoms with van der Waals surface area (Å²) in [6.07, 6.45) is -64.1. The summed E-state index contributed by atoms with van der Waals surface area (Å²) in [7, 11) is 0. The molecule has 0 spiro atoms. The van der Waals surface area contributed by atoms with E-state index in [4.69, 9.17) is 75.8 Å². The first-order valence-electron chi connectivity index (χ1n) is 43.1. The zero-order chi connectivity index (χ0) is 92.9.